The van der Waals surface area contributed by atoms with Crippen molar-refractivity contribution in [1.82, 2.24) is 19.4 Å². The molecule has 0 N–H and O–H groups in total. The van der Waals surface area contributed by atoms with Crippen LogP contribution < -0.4 is 4.74 Å². The number of nitrogens with zero attached hydrogens (tertiary/aromatic N) is 5. The van der Waals surface area contributed by atoms with E-state index in [0.29, 0.717) is 48.8 Å². The number of nitriles is 1. The van der Waals surface area contributed by atoms with Gasteiger partial charge >= 0.3 is 0 Å². The van der Waals surface area contributed by atoms with Crippen molar-refractivity contribution < 1.29 is 14.3 Å². The number of hydrogen-bond acceptors (Lipinski definition) is 5. The third-order valence-corrected chi connectivity index (χ3v) is 6.58. The molecule has 172 valence electrons. The lowest BCUT2D eigenvalue weighted by molar-refractivity contribution is -0.132. The lowest BCUT2D eigenvalue weighted by atomic mass is 10.0. The molecule has 3 aromatic rings. The van der Waals surface area contributed by atoms with E-state index in [1.165, 1.54) is 6.20 Å². The second-order valence-electron chi connectivity index (χ2n) is 8.78. The molecule has 7 rings (SSSR count). The van der Waals surface area contributed by atoms with Gasteiger partial charge in [0.25, 0.3) is 5.91 Å². The highest BCUT2D eigenvalue weighted by Gasteiger charge is 2.31. The molecule has 1 fully saturated rings. The number of amides is 2. The summed E-state index contributed by atoms with van der Waals surface area (Å²) in [4.78, 5) is 34.0. The first-order valence-electron chi connectivity index (χ1n) is 11.4. The van der Waals surface area contributed by atoms with E-state index in [9.17, 15) is 14.9 Å². The molecule has 8 heteroatoms. The Hall–Kier alpha value is -4.64. The number of allylic oxidation sites excluding steroid dienone is 3. The summed E-state index contributed by atoms with van der Waals surface area (Å²) in [5, 5.41) is 9.64. The first-order chi connectivity index (χ1) is 17.1. The summed E-state index contributed by atoms with van der Waals surface area (Å²) in [5.41, 5.74) is 4.64. The predicted octanol–water partition coefficient (Wildman–Crippen LogP) is 3.35. The number of ether oxygens (including phenoxy) is 1. The van der Waals surface area contributed by atoms with E-state index >= 15 is 0 Å². The zero-order valence-corrected chi connectivity index (χ0v) is 18.8. The third-order valence-electron chi connectivity index (χ3n) is 6.58. The summed E-state index contributed by atoms with van der Waals surface area (Å²) in [5.74, 6) is 0.727. The Bertz CT molecular complexity index is 1480. The van der Waals surface area contributed by atoms with Gasteiger partial charge in [0.05, 0.1) is 18.1 Å². The number of hydrogen-bond donors (Lipinski definition) is 0. The molecular formula is C27H21N5O3. The number of aromatic nitrogens is 2. The van der Waals surface area contributed by atoms with Crippen LogP contribution in [0.4, 0.5) is 0 Å². The van der Waals surface area contributed by atoms with Crippen LogP contribution in [0.3, 0.4) is 0 Å². The number of rotatable bonds is 0. The van der Waals surface area contributed by atoms with E-state index < -0.39 is 0 Å². The Morgan fingerprint density at radius 3 is 2.83 bits per heavy atom. The highest BCUT2D eigenvalue weighted by molar-refractivity contribution is 5.96. The maximum Gasteiger partial charge on any atom is 0.272 e. The largest absolute Gasteiger partial charge is 0.456 e. The maximum absolute atomic E-state index is 13.3. The van der Waals surface area contributed by atoms with Crippen molar-refractivity contribution in [2.24, 2.45) is 0 Å². The zero-order valence-electron chi connectivity index (χ0n) is 18.8. The molecule has 8 nitrogen and oxygen atoms in total. The number of carbonyl (C=O) groups is 2. The highest BCUT2D eigenvalue weighted by atomic mass is 16.5. The quantitative estimate of drug-likeness (QED) is 0.510. The number of piperazine rings is 1. The van der Waals surface area contributed by atoms with Crippen molar-refractivity contribution in [3.05, 3.63) is 94.7 Å². The average Bonchev–Trinajstić information content (AvgIpc) is 3.21. The second kappa shape index (κ2) is 8.29. The van der Waals surface area contributed by atoms with Crippen LogP contribution >= 0.6 is 0 Å². The predicted molar refractivity (Wildman–Crippen MR) is 127 cm³/mol. The Balaban J connectivity index is 1.48. The van der Waals surface area contributed by atoms with Crippen LogP contribution in [0.25, 0.3) is 6.08 Å². The fraction of sp³-hybridized carbons (Fsp3) is 0.185. The van der Waals surface area contributed by atoms with Crippen LogP contribution in [0.2, 0.25) is 0 Å². The van der Waals surface area contributed by atoms with Crippen molar-refractivity contribution in [2.75, 3.05) is 19.6 Å². The first kappa shape index (κ1) is 20.9. The van der Waals surface area contributed by atoms with Gasteiger partial charge in [-0.3, -0.25) is 9.59 Å². The molecule has 3 aliphatic heterocycles. The Morgan fingerprint density at radius 2 is 1.97 bits per heavy atom. The second-order valence-corrected chi connectivity index (χ2v) is 8.78. The van der Waals surface area contributed by atoms with Gasteiger partial charge in [0.15, 0.2) is 0 Å². The van der Waals surface area contributed by atoms with Crippen molar-refractivity contribution in [1.29, 1.82) is 5.26 Å². The minimum atomic E-state index is -0.228. The van der Waals surface area contributed by atoms with Gasteiger partial charge in [-0.15, -0.1) is 0 Å². The molecule has 0 atom stereocenters. The summed E-state index contributed by atoms with van der Waals surface area (Å²) in [6, 6.07) is 13.4. The summed E-state index contributed by atoms with van der Waals surface area (Å²) < 4.78 is 7.94. The van der Waals surface area contributed by atoms with Crippen LogP contribution in [0.1, 0.15) is 32.7 Å². The van der Waals surface area contributed by atoms with Gasteiger partial charge in [-0.05, 0) is 47.0 Å². The molecule has 4 aliphatic rings. The van der Waals surface area contributed by atoms with E-state index in [4.69, 9.17) is 4.74 Å². The topological polar surface area (TPSA) is 91.5 Å². The number of carbonyl (C=O) groups excluding carboxylic acids is 2. The lowest BCUT2D eigenvalue weighted by Gasteiger charge is -2.35. The van der Waals surface area contributed by atoms with Gasteiger partial charge in [0.2, 0.25) is 5.91 Å². The minimum Gasteiger partial charge on any atom is -0.456 e. The molecule has 1 aromatic heterocycles. The van der Waals surface area contributed by atoms with Crippen molar-refractivity contribution in [3.8, 4) is 17.6 Å². The molecule has 2 amide bonds. The van der Waals surface area contributed by atoms with Crippen LogP contribution in [0, 0.1) is 11.3 Å². The number of fused-ring (bicyclic) bond motifs is 2. The summed E-state index contributed by atoms with van der Waals surface area (Å²) >= 11 is 0. The zero-order chi connectivity index (χ0) is 23.9. The maximum atomic E-state index is 13.3. The molecule has 35 heavy (non-hydrogen) atoms. The fourth-order valence-corrected chi connectivity index (χ4v) is 4.77. The molecule has 0 unspecified atom stereocenters. The number of imidazole rings is 1. The Kier molecular flexibility index (Phi) is 4.96. The molecule has 0 saturated carbocycles. The molecule has 1 saturated heterocycles. The molecular weight excluding hydrogens is 442 g/mol. The van der Waals surface area contributed by atoms with Crippen molar-refractivity contribution in [3.63, 3.8) is 0 Å². The molecule has 0 radical (unpaired) electrons. The Labute approximate surface area is 202 Å². The molecule has 1 aliphatic carbocycles. The van der Waals surface area contributed by atoms with E-state index in [1.54, 1.807) is 26.8 Å². The van der Waals surface area contributed by atoms with Gasteiger partial charge in [-0.2, -0.15) is 5.26 Å². The first-order valence-corrected chi connectivity index (χ1v) is 11.4. The molecule has 7 bridgehead atoms. The summed E-state index contributed by atoms with van der Waals surface area (Å²) in [7, 11) is 0. The molecule has 0 spiro atoms. The normalized spacial score (nSPS) is 16.8. The summed E-state index contributed by atoms with van der Waals surface area (Å²) in [6.07, 6.45) is 9.59. The third kappa shape index (κ3) is 3.77. The number of benzene rings is 2. The molecule has 4 heterocycles. The van der Waals surface area contributed by atoms with Crippen LogP contribution in [-0.4, -0.2) is 50.8 Å². The minimum absolute atomic E-state index is 0.0160. The summed E-state index contributed by atoms with van der Waals surface area (Å²) in [6.45, 7) is 1.26. The van der Waals surface area contributed by atoms with Gasteiger partial charge in [-0.1, -0.05) is 24.3 Å². The van der Waals surface area contributed by atoms with E-state index in [0.717, 1.165) is 22.4 Å². The van der Waals surface area contributed by atoms with Gasteiger partial charge in [-0.25, -0.2) is 4.98 Å². The van der Waals surface area contributed by atoms with Crippen LogP contribution in [0.5, 0.6) is 11.5 Å². The van der Waals surface area contributed by atoms with Crippen LogP contribution in [0.15, 0.2) is 66.8 Å². The van der Waals surface area contributed by atoms with Gasteiger partial charge in [0, 0.05) is 31.8 Å². The van der Waals surface area contributed by atoms with E-state index in [-0.39, 0.29) is 18.4 Å². The van der Waals surface area contributed by atoms with Crippen molar-refractivity contribution in [2.45, 2.75) is 13.0 Å². The molecule has 2 aromatic carbocycles. The smallest absolute Gasteiger partial charge is 0.272 e. The van der Waals surface area contributed by atoms with E-state index in [2.05, 4.69) is 11.1 Å². The monoisotopic (exact) mass is 463 g/mol. The SMILES string of the molecule is N#Cc1ccc2cc1Oc1ccc3c(c1)CC(=CC=C3)N1CCN(CC1=O)C(=O)c1cncn1C2. The Morgan fingerprint density at radius 1 is 1.06 bits per heavy atom. The standard InChI is InChI=1S/C27H21N5O3/c28-13-20-5-4-18-10-25(20)35-23-7-6-19-2-1-3-22(11-21(19)12-23)32-9-8-30(16-26(32)33)27(34)24-14-29-17-31(24)15-18/h1-7,10,12,14,17H,8-9,11,15-16H2. The van der Waals surface area contributed by atoms with E-state index in [1.807, 2.05) is 48.6 Å². The van der Waals surface area contributed by atoms with Gasteiger partial charge < -0.3 is 19.1 Å². The van der Waals surface area contributed by atoms with Gasteiger partial charge in [0.1, 0.15) is 29.8 Å². The highest BCUT2D eigenvalue weighted by Crippen LogP contribution is 2.31. The fourth-order valence-electron chi connectivity index (χ4n) is 4.77. The van der Waals surface area contributed by atoms with Crippen molar-refractivity contribution >= 4 is 17.9 Å². The van der Waals surface area contributed by atoms with Crippen LogP contribution in [-0.2, 0) is 17.8 Å². The average molecular weight is 463 g/mol. The lowest BCUT2D eigenvalue weighted by Crippen LogP contribution is -2.52.